The number of carbonyl (C=O) groups is 1. The summed E-state index contributed by atoms with van der Waals surface area (Å²) in [6, 6.07) is 13.0. The lowest BCUT2D eigenvalue weighted by molar-refractivity contribution is -0.114. The van der Waals surface area contributed by atoms with E-state index in [1.54, 1.807) is 23.9 Å². The van der Waals surface area contributed by atoms with E-state index < -0.39 is 11.9 Å². The number of amides is 1. The SMILES string of the molecule is CC1=C(C(N)=O)[C@H](c2cccc(Cl)c2Cl)N=C(SCc2cccc(C)c2)N1. The maximum absolute atomic E-state index is 12.0. The van der Waals surface area contributed by atoms with Crippen molar-refractivity contribution in [2.24, 2.45) is 10.7 Å². The summed E-state index contributed by atoms with van der Waals surface area (Å²) in [5, 5.41) is 4.68. The van der Waals surface area contributed by atoms with E-state index in [9.17, 15) is 4.79 Å². The van der Waals surface area contributed by atoms with Gasteiger partial charge in [0.1, 0.15) is 6.04 Å². The molecular weight excluding hydrogens is 401 g/mol. The Morgan fingerprint density at radius 3 is 2.67 bits per heavy atom. The van der Waals surface area contributed by atoms with Crippen molar-refractivity contribution < 1.29 is 4.79 Å². The molecule has 1 atom stereocenters. The van der Waals surface area contributed by atoms with Gasteiger partial charge in [0.25, 0.3) is 0 Å². The number of nitrogens with zero attached hydrogens (tertiary/aromatic N) is 1. The van der Waals surface area contributed by atoms with Crippen LogP contribution in [0, 0.1) is 6.92 Å². The maximum atomic E-state index is 12.0. The van der Waals surface area contributed by atoms with Crippen LogP contribution in [0.25, 0.3) is 0 Å². The van der Waals surface area contributed by atoms with Gasteiger partial charge in [0, 0.05) is 17.0 Å². The number of aliphatic imine (C=N–C) groups is 1. The van der Waals surface area contributed by atoms with Crippen LogP contribution in [0.5, 0.6) is 0 Å². The van der Waals surface area contributed by atoms with E-state index in [-0.39, 0.29) is 0 Å². The lowest BCUT2D eigenvalue weighted by Gasteiger charge is -2.26. The van der Waals surface area contributed by atoms with Crippen LogP contribution in [-0.2, 0) is 10.5 Å². The third-order valence-electron chi connectivity index (χ3n) is 4.22. The molecule has 4 nitrogen and oxygen atoms in total. The normalized spacial score (nSPS) is 16.7. The van der Waals surface area contributed by atoms with Crippen molar-refractivity contribution in [3.05, 3.63) is 80.5 Å². The van der Waals surface area contributed by atoms with Crippen LogP contribution in [0.15, 0.2) is 58.7 Å². The fraction of sp³-hybridized carbons (Fsp3) is 0.200. The van der Waals surface area contributed by atoms with Gasteiger partial charge < -0.3 is 11.1 Å². The Morgan fingerprint density at radius 1 is 1.22 bits per heavy atom. The molecule has 140 valence electrons. The standard InChI is InChI=1S/C20H19Cl2N3OS/c1-11-5-3-6-13(9-11)10-27-20-24-12(2)16(19(23)26)18(25-20)14-7-4-8-15(21)17(14)22/h3-9,18H,10H2,1-2H3,(H2,23,26)(H,24,25)/t18-/m0/s1. The molecule has 0 spiro atoms. The number of halogens is 2. The number of carbonyl (C=O) groups excluding carboxylic acids is 1. The van der Waals surface area contributed by atoms with Gasteiger partial charge in [0.05, 0.1) is 15.6 Å². The van der Waals surface area contributed by atoms with Gasteiger partial charge in [-0.15, -0.1) is 0 Å². The number of hydrogen-bond acceptors (Lipinski definition) is 4. The number of aryl methyl sites for hydroxylation is 1. The quantitative estimate of drug-likeness (QED) is 0.732. The first-order valence-electron chi connectivity index (χ1n) is 8.34. The number of amidine groups is 1. The van der Waals surface area contributed by atoms with Gasteiger partial charge in [0.2, 0.25) is 5.91 Å². The van der Waals surface area contributed by atoms with Crippen LogP contribution in [-0.4, -0.2) is 11.1 Å². The Hall–Kier alpha value is -1.95. The summed E-state index contributed by atoms with van der Waals surface area (Å²) in [6.07, 6.45) is 0. The molecule has 3 rings (SSSR count). The van der Waals surface area contributed by atoms with Crippen LogP contribution < -0.4 is 11.1 Å². The van der Waals surface area contributed by atoms with E-state index in [0.29, 0.717) is 32.0 Å². The molecule has 7 heteroatoms. The van der Waals surface area contributed by atoms with Gasteiger partial charge >= 0.3 is 0 Å². The lowest BCUT2D eigenvalue weighted by atomic mass is 9.96. The first-order chi connectivity index (χ1) is 12.9. The second kappa shape index (κ2) is 8.38. The zero-order chi connectivity index (χ0) is 19.6. The summed E-state index contributed by atoms with van der Waals surface area (Å²) in [7, 11) is 0. The fourth-order valence-electron chi connectivity index (χ4n) is 2.95. The van der Waals surface area contributed by atoms with E-state index in [1.807, 2.05) is 19.1 Å². The molecule has 1 amide bonds. The monoisotopic (exact) mass is 419 g/mol. The maximum Gasteiger partial charge on any atom is 0.248 e. The number of thioether (sulfide) groups is 1. The Kier molecular flexibility index (Phi) is 6.15. The van der Waals surface area contributed by atoms with Crippen molar-refractivity contribution in [2.75, 3.05) is 0 Å². The second-order valence-corrected chi connectivity index (χ2v) is 8.03. The Labute approximate surface area is 172 Å². The van der Waals surface area contributed by atoms with Crippen molar-refractivity contribution in [2.45, 2.75) is 25.6 Å². The molecule has 0 saturated heterocycles. The molecular formula is C20H19Cl2N3OS. The summed E-state index contributed by atoms with van der Waals surface area (Å²) in [6.45, 7) is 3.88. The van der Waals surface area contributed by atoms with Crippen molar-refractivity contribution in [1.29, 1.82) is 0 Å². The highest BCUT2D eigenvalue weighted by Gasteiger charge is 2.29. The second-order valence-electron chi connectivity index (χ2n) is 6.29. The summed E-state index contributed by atoms with van der Waals surface area (Å²) >= 11 is 14.1. The highest BCUT2D eigenvalue weighted by molar-refractivity contribution is 8.13. The van der Waals surface area contributed by atoms with Gasteiger partial charge in [-0.1, -0.05) is 76.9 Å². The Bertz CT molecular complexity index is 956. The number of nitrogens with one attached hydrogen (secondary N) is 1. The number of rotatable bonds is 4. The van der Waals surface area contributed by atoms with Crippen LogP contribution >= 0.6 is 35.0 Å². The molecule has 0 radical (unpaired) electrons. The molecule has 2 aromatic carbocycles. The van der Waals surface area contributed by atoms with Crippen LogP contribution in [0.3, 0.4) is 0 Å². The molecule has 0 aromatic heterocycles. The lowest BCUT2D eigenvalue weighted by Crippen LogP contribution is -2.32. The molecule has 0 aliphatic carbocycles. The minimum absolute atomic E-state index is 0.379. The Balaban J connectivity index is 1.92. The highest BCUT2D eigenvalue weighted by Crippen LogP contribution is 2.38. The zero-order valence-corrected chi connectivity index (χ0v) is 17.3. The zero-order valence-electron chi connectivity index (χ0n) is 14.9. The van der Waals surface area contributed by atoms with Crippen molar-refractivity contribution in [3.8, 4) is 0 Å². The average Bonchev–Trinajstić information content (AvgIpc) is 2.61. The highest BCUT2D eigenvalue weighted by atomic mass is 35.5. The third-order valence-corrected chi connectivity index (χ3v) is 6.01. The number of benzene rings is 2. The molecule has 1 heterocycles. The van der Waals surface area contributed by atoms with Gasteiger partial charge in [-0.2, -0.15) is 0 Å². The van der Waals surface area contributed by atoms with Crippen molar-refractivity contribution in [1.82, 2.24) is 5.32 Å². The number of primary amides is 1. The third kappa shape index (κ3) is 4.49. The minimum Gasteiger partial charge on any atom is -0.366 e. The van der Waals surface area contributed by atoms with Crippen molar-refractivity contribution >= 4 is 46.0 Å². The molecule has 0 bridgehead atoms. The van der Waals surface area contributed by atoms with Crippen molar-refractivity contribution in [3.63, 3.8) is 0 Å². The summed E-state index contributed by atoms with van der Waals surface area (Å²) < 4.78 is 0. The number of nitrogens with two attached hydrogens (primary N) is 1. The van der Waals surface area contributed by atoms with Crippen LogP contribution in [0.4, 0.5) is 0 Å². The van der Waals surface area contributed by atoms with E-state index in [0.717, 1.165) is 5.75 Å². The predicted octanol–water partition coefficient (Wildman–Crippen LogP) is 4.99. The molecule has 2 aromatic rings. The predicted molar refractivity (Wildman–Crippen MR) is 114 cm³/mol. The van der Waals surface area contributed by atoms with Gasteiger partial charge in [0.15, 0.2) is 5.17 Å². The molecule has 0 saturated carbocycles. The summed E-state index contributed by atoms with van der Waals surface area (Å²) in [4.78, 5) is 16.8. The topological polar surface area (TPSA) is 67.5 Å². The molecule has 1 aliphatic rings. The summed E-state index contributed by atoms with van der Waals surface area (Å²) in [5.41, 5.74) is 9.74. The first-order valence-corrected chi connectivity index (χ1v) is 10.1. The molecule has 1 aliphatic heterocycles. The smallest absolute Gasteiger partial charge is 0.248 e. The van der Waals surface area contributed by atoms with Crippen LogP contribution in [0.1, 0.15) is 29.7 Å². The summed E-state index contributed by atoms with van der Waals surface area (Å²) in [5.74, 6) is 0.218. The Morgan fingerprint density at radius 2 is 1.96 bits per heavy atom. The van der Waals surface area contributed by atoms with E-state index in [2.05, 4.69) is 30.4 Å². The molecule has 0 fully saturated rings. The molecule has 0 unspecified atom stereocenters. The van der Waals surface area contributed by atoms with E-state index in [4.69, 9.17) is 33.9 Å². The number of allylic oxidation sites excluding steroid dienone is 1. The largest absolute Gasteiger partial charge is 0.366 e. The molecule has 27 heavy (non-hydrogen) atoms. The van der Waals surface area contributed by atoms with E-state index >= 15 is 0 Å². The minimum atomic E-state index is -0.588. The first kappa shape index (κ1) is 19.8. The van der Waals surface area contributed by atoms with Gasteiger partial charge in [-0.05, 0) is 25.5 Å². The van der Waals surface area contributed by atoms with Gasteiger partial charge in [-0.3, -0.25) is 4.79 Å². The van der Waals surface area contributed by atoms with E-state index in [1.165, 1.54) is 11.1 Å². The molecule has 3 N–H and O–H groups in total. The van der Waals surface area contributed by atoms with Gasteiger partial charge in [-0.25, -0.2) is 4.99 Å². The number of hydrogen-bond donors (Lipinski definition) is 2. The fourth-order valence-corrected chi connectivity index (χ4v) is 4.25. The average molecular weight is 420 g/mol. The van der Waals surface area contributed by atoms with Crippen LogP contribution in [0.2, 0.25) is 10.0 Å².